The number of alkyl halides is 2. The van der Waals surface area contributed by atoms with E-state index >= 15 is 0 Å². The number of methoxy groups -OCH3 is 1. The molecule has 1 aliphatic heterocycles. The van der Waals surface area contributed by atoms with Gasteiger partial charge in [-0.25, -0.2) is 13.8 Å². The summed E-state index contributed by atoms with van der Waals surface area (Å²) in [6.07, 6.45) is 5.42. The molecule has 2 heterocycles. The van der Waals surface area contributed by atoms with Crippen LogP contribution in [-0.4, -0.2) is 24.0 Å². The molecule has 0 radical (unpaired) electrons. The SMILES string of the molecule is CC.CC.COc1nc(/C(=C\C2CCC(=O)N2)c2ccc(C(C)(F)F)cc2)ccc1C1CC1. The summed E-state index contributed by atoms with van der Waals surface area (Å²) in [5.74, 6) is -1.78. The molecule has 1 aromatic heterocycles. The van der Waals surface area contributed by atoms with Crippen molar-refractivity contribution >= 4 is 11.5 Å². The van der Waals surface area contributed by atoms with Crippen LogP contribution in [0.15, 0.2) is 42.5 Å². The van der Waals surface area contributed by atoms with Crippen LogP contribution in [0.5, 0.6) is 5.88 Å². The maximum Gasteiger partial charge on any atom is 0.270 e. The molecule has 2 fully saturated rings. The van der Waals surface area contributed by atoms with Crippen molar-refractivity contribution in [1.82, 2.24) is 10.3 Å². The number of hydrogen-bond donors (Lipinski definition) is 1. The van der Waals surface area contributed by atoms with Crippen molar-refractivity contribution in [2.45, 2.75) is 78.2 Å². The highest BCUT2D eigenvalue weighted by molar-refractivity contribution is 5.82. The maximum absolute atomic E-state index is 13.6. The molecule has 1 saturated heterocycles. The summed E-state index contributed by atoms with van der Waals surface area (Å²) in [6.45, 7) is 8.88. The normalized spacial score (nSPS) is 17.9. The molecule has 1 atom stereocenters. The Bertz CT molecular complexity index is 946. The van der Waals surface area contributed by atoms with E-state index in [9.17, 15) is 13.6 Å². The van der Waals surface area contributed by atoms with E-state index in [0.717, 1.165) is 36.5 Å². The highest BCUT2D eigenvalue weighted by Crippen LogP contribution is 2.44. The summed E-state index contributed by atoms with van der Waals surface area (Å²) in [6, 6.07) is 10.1. The second-order valence-electron chi connectivity index (χ2n) is 7.83. The molecule has 1 saturated carbocycles. The second-order valence-corrected chi connectivity index (χ2v) is 7.83. The van der Waals surface area contributed by atoms with Crippen molar-refractivity contribution < 1.29 is 18.3 Å². The first-order valence-electron chi connectivity index (χ1n) is 11.9. The Labute approximate surface area is 196 Å². The lowest BCUT2D eigenvalue weighted by Crippen LogP contribution is -2.23. The molecule has 2 aromatic rings. The van der Waals surface area contributed by atoms with Gasteiger partial charge >= 0.3 is 0 Å². The number of ether oxygens (including phenoxy) is 1. The number of nitrogens with one attached hydrogen (secondary N) is 1. The summed E-state index contributed by atoms with van der Waals surface area (Å²) in [5.41, 5.74) is 3.33. The second kappa shape index (κ2) is 11.9. The molecule has 33 heavy (non-hydrogen) atoms. The van der Waals surface area contributed by atoms with Crippen LogP contribution in [0.1, 0.15) is 88.6 Å². The van der Waals surface area contributed by atoms with Crippen LogP contribution in [0.2, 0.25) is 0 Å². The fraction of sp³-hybridized carbons (Fsp3) is 0.481. The molecule has 1 N–H and O–H groups in total. The van der Waals surface area contributed by atoms with Gasteiger partial charge < -0.3 is 10.1 Å². The van der Waals surface area contributed by atoms with Gasteiger partial charge in [-0.1, -0.05) is 64.1 Å². The average molecular weight is 459 g/mol. The van der Waals surface area contributed by atoms with E-state index in [2.05, 4.69) is 5.32 Å². The molecule has 2 aliphatic rings. The zero-order valence-electron chi connectivity index (χ0n) is 20.5. The maximum atomic E-state index is 13.6. The predicted octanol–water partition coefficient (Wildman–Crippen LogP) is 6.84. The molecule has 4 rings (SSSR count). The van der Waals surface area contributed by atoms with E-state index < -0.39 is 5.92 Å². The molecule has 0 spiro atoms. The van der Waals surface area contributed by atoms with Crippen molar-refractivity contribution in [2.75, 3.05) is 7.11 Å². The molecule has 180 valence electrons. The van der Waals surface area contributed by atoms with Crippen molar-refractivity contribution in [3.05, 3.63) is 64.9 Å². The van der Waals surface area contributed by atoms with Crippen LogP contribution in [0, 0.1) is 0 Å². The van der Waals surface area contributed by atoms with E-state index in [0.29, 0.717) is 30.3 Å². The van der Waals surface area contributed by atoms with Gasteiger partial charge in [-0.3, -0.25) is 4.79 Å². The third-order valence-corrected chi connectivity index (χ3v) is 5.48. The number of hydrogen-bond acceptors (Lipinski definition) is 3. The average Bonchev–Trinajstić information content (AvgIpc) is 3.60. The summed E-state index contributed by atoms with van der Waals surface area (Å²) >= 11 is 0. The standard InChI is InChI=1S/C23H24F2N2O2.2C2H6/c1-23(24,25)16-7-5-15(6-8-16)19(13-17-9-12-21(28)26-17)20-11-10-18(14-3-4-14)22(27-20)29-2;2*1-2/h5-8,10-11,13-14,17H,3-4,9,12H2,1-2H3,(H,26,28);2*1-2H3/b19-13-;;. The summed E-state index contributed by atoms with van der Waals surface area (Å²) in [7, 11) is 1.61. The molecule has 6 heteroatoms. The molecular formula is C27H36F2N2O2. The Morgan fingerprint density at radius 3 is 2.18 bits per heavy atom. The van der Waals surface area contributed by atoms with Crippen LogP contribution < -0.4 is 10.1 Å². The fourth-order valence-corrected chi connectivity index (χ4v) is 3.71. The number of aromatic nitrogens is 1. The summed E-state index contributed by atoms with van der Waals surface area (Å²) in [5, 5.41) is 2.93. The third-order valence-electron chi connectivity index (χ3n) is 5.48. The van der Waals surface area contributed by atoms with Crippen LogP contribution in [0.3, 0.4) is 0 Å². The lowest BCUT2D eigenvalue weighted by molar-refractivity contribution is -0.119. The van der Waals surface area contributed by atoms with E-state index in [4.69, 9.17) is 9.72 Å². The molecule has 0 bridgehead atoms. The summed E-state index contributed by atoms with van der Waals surface area (Å²) < 4.78 is 32.7. The summed E-state index contributed by atoms with van der Waals surface area (Å²) in [4.78, 5) is 16.3. The Balaban J connectivity index is 0.000000914. The molecule has 1 unspecified atom stereocenters. The first-order valence-corrected chi connectivity index (χ1v) is 11.9. The number of halogens is 2. The number of carbonyl (C=O) groups excluding carboxylic acids is 1. The minimum absolute atomic E-state index is 0.0150. The van der Waals surface area contributed by atoms with E-state index in [1.807, 2.05) is 45.9 Å². The van der Waals surface area contributed by atoms with Crippen molar-refractivity contribution in [3.63, 3.8) is 0 Å². The van der Waals surface area contributed by atoms with E-state index in [1.165, 1.54) is 12.1 Å². The minimum Gasteiger partial charge on any atom is -0.481 e. The monoisotopic (exact) mass is 458 g/mol. The highest BCUT2D eigenvalue weighted by Gasteiger charge is 2.29. The van der Waals surface area contributed by atoms with E-state index in [1.54, 1.807) is 19.2 Å². The Kier molecular flexibility index (Phi) is 9.56. The number of nitrogens with zero attached hydrogens (tertiary/aromatic N) is 1. The predicted molar refractivity (Wildman–Crippen MR) is 130 cm³/mol. The Morgan fingerprint density at radius 1 is 1.06 bits per heavy atom. The molecule has 1 amide bonds. The lowest BCUT2D eigenvalue weighted by Gasteiger charge is -2.16. The van der Waals surface area contributed by atoms with Crippen molar-refractivity contribution in [3.8, 4) is 5.88 Å². The smallest absolute Gasteiger partial charge is 0.270 e. The quantitative estimate of drug-likeness (QED) is 0.515. The van der Waals surface area contributed by atoms with Crippen LogP contribution >= 0.6 is 0 Å². The fourth-order valence-electron chi connectivity index (χ4n) is 3.71. The van der Waals surface area contributed by atoms with Gasteiger partial charge in [-0.05, 0) is 36.8 Å². The lowest BCUT2D eigenvalue weighted by atomic mass is 9.96. The number of carbonyl (C=O) groups is 1. The zero-order chi connectivity index (χ0) is 24.6. The zero-order valence-corrected chi connectivity index (χ0v) is 20.5. The van der Waals surface area contributed by atoms with Gasteiger partial charge in [0.2, 0.25) is 11.8 Å². The number of amides is 1. The van der Waals surface area contributed by atoms with Gasteiger partial charge in [0.1, 0.15) is 0 Å². The van der Waals surface area contributed by atoms with Gasteiger partial charge in [0.25, 0.3) is 5.92 Å². The van der Waals surface area contributed by atoms with E-state index in [-0.39, 0.29) is 17.5 Å². The van der Waals surface area contributed by atoms with Gasteiger partial charge in [-0.2, -0.15) is 0 Å². The topological polar surface area (TPSA) is 51.2 Å². The Hall–Kier alpha value is -2.76. The molecular weight excluding hydrogens is 422 g/mol. The molecule has 1 aliphatic carbocycles. The molecule has 1 aromatic carbocycles. The molecule has 4 nitrogen and oxygen atoms in total. The number of pyridine rings is 1. The van der Waals surface area contributed by atoms with Crippen molar-refractivity contribution in [1.29, 1.82) is 0 Å². The van der Waals surface area contributed by atoms with Crippen molar-refractivity contribution in [2.24, 2.45) is 0 Å². The third kappa shape index (κ3) is 6.86. The first kappa shape index (κ1) is 26.5. The van der Waals surface area contributed by atoms with Gasteiger partial charge in [-0.15, -0.1) is 0 Å². The number of benzene rings is 1. The van der Waals surface area contributed by atoms with Crippen LogP contribution in [0.4, 0.5) is 8.78 Å². The highest BCUT2D eigenvalue weighted by atomic mass is 19.3. The van der Waals surface area contributed by atoms with Gasteiger partial charge in [0.05, 0.1) is 12.8 Å². The van der Waals surface area contributed by atoms with Crippen LogP contribution in [-0.2, 0) is 10.7 Å². The minimum atomic E-state index is -2.89. The first-order chi connectivity index (χ1) is 15.8. The van der Waals surface area contributed by atoms with Crippen LogP contribution in [0.25, 0.3) is 5.57 Å². The number of rotatable bonds is 6. The largest absolute Gasteiger partial charge is 0.481 e. The van der Waals surface area contributed by atoms with Gasteiger partial charge in [0.15, 0.2) is 0 Å². The van der Waals surface area contributed by atoms with Gasteiger partial charge in [0, 0.05) is 36.1 Å². The Morgan fingerprint density at radius 2 is 1.70 bits per heavy atom.